The number of piperazine rings is 1. The Labute approximate surface area is 168 Å². The van der Waals surface area contributed by atoms with E-state index in [9.17, 15) is 4.79 Å². The lowest BCUT2D eigenvalue weighted by Crippen LogP contribution is -2.48. The fraction of sp³-hybridized carbons (Fsp3) is 0.429. The van der Waals surface area contributed by atoms with E-state index in [0.717, 1.165) is 55.6 Å². The number of hydrogen-bond acceptors (Lipinski definition) is 7. The van der Waals surface area contributed by atoms with Gasteiger partial charge in [-0.3, -0.25) is 4.79 Å². The lowest BCUT2D eigenvalue weighted by atomic mass is 9.96. The zero-order chi connectivity index (χ0) is 19.8. The molecule has 0 amide bonds. The molecule has 0 radical (unpaired) electrons. The molecule has 8 nitrogen and oxygen atoms in total. The van der Waals surface area contributed by atoms with E-state index in [0.29, 0.717) is 11.7 Å². The van der Waals surface area contributed by atoms with E-state index >= 15 is 0 Å². The van der Waals surface area contributed by atoms with Crippen molar-refractivity contribution in [3.05, 3.63) is 47.3 Å². The number of nitrogens with zero attached hydrogens (tertiary/aromatic N) is 6. The Bertz CT molecular complexity index is 1090. The number of rotatable bonds is 4. The summed E-state index contributed by atoms with van der Waals surface area (Å²) in [6, 6.07) is 6.25. The molecule has 1 aliphatic heterocycles. The lowest BCUT2D eigenvalue weighted by Gasteiger charge is -2.36. The van der Waals surface area contributed by atoms with Crippen LogP contribution < -0.4 is 20.1 Å². The largest absolute Gasteiger partial charge is 0.474 e. The minimum Gasteiger partial charge on any atom is -0.474 e. The Hall–Kier alpha value is -3.16. The Morgan fingerprint density at radius 1 is 1.03 bits per heavy atom. The molecule has 1 aliphatic carbocycles. The molecule has 0 atom stereocenters. The molecule has 150 valence electrons. The zero-order valence-electron chi connectivity index (χ0n) is 16.5. The van der Waals surface area contributed by atoms with Crippen molar-refractivity contribution in [1.82, 2.24) is 19.5 Å². The maximum atomic E-state index is 12.3. The Kier molecular flexibility index (Phi) is 4.54. The second kappa shape index (κ2) is 7.35. The third kappa shape index (κ3) is 3.39. The molecule has 8 heteroatoms. The number of aromatic nitrogens is 4. The summed E-state index contributed by atoms with van der Waals surface area (Å²) in [6.07, 6.45) is 8.63. The summed E-state index contributed by atoms with van der Waals surface area (Å²) in [7, 11) is 1.75. The van der Waals surface area contributed by atoms with E-state index in [1.165, 1.54) is 6.42 Å². The van der Waals surface area contributed by atoms with Gasteiger partial charge in [0.15, 0.2) is 5.82 Å². The SMILES string of the molecule is Cn1ccnc(N2CCN(c3ccc4ncnc(OC5CCC5)c4c3)CC2)c1=O. The van der Waals surface area contributed by atoms with Crippen LogP contribution in [0, 0.1) is 0 Å². The molecule has 1 aromatic carbocycles. The highest BCUT2D eigenvalue weighted by Crippen LogP contribution is 2.31. The van der Waals surface area contributed by atoms with Crippen LogP contribution in [-0.4, -0.2) is 51.8 Å². The molecule has 3 heterocycles. The number of aryl methyl sites for hydroxylation is 1. The van der Waals surface area contributed by atoms with Crippen LogP contribution in [0.15, 0.2) is 41.7 Å². The van der Waals surface area contributed by atoms with Gasteiger partial charge in [-0.2, -0.15) is 0 Å². The third-order valence-corrected chi connectivity index (χ3v) is 5.86. The van der Waals surface area contributed by atoms with Gasteiger partial charge in [-0.05, 0) is 37.5 Å². The second-order valence-corrected chi connectivity index (χ2v) is 7.69. The normalized spacial score (nSPS) is 17.4. The van der Waals surface area contributed by atoms with Gasteiger partial charge in [0.2, 0.25) is 5.88 Å². The van der Waals surface area contributed by atoms with E-state index < -0.39 is 0 Å². The predicted octanol–water partition coefficient (Wildman–Crippen LogP) is 1.98. The van der Waals surface area contributed by atoms with Crippen LogP contribution in [0.5, 0.6) is 5.88 Å². The van der Waals surface area contributed by atoms with Crippen molar-refractivity contribution in [3.8, 4) is 5.88 Å². The van der Waals surface area contributed by atoms with Crippen molar-refractivity contribution in [2.75, 3.05) is 36.0 Å². The molecule has 5 rings (SSSR count). The lowest BCUT2D eigenvalue weighted by molar-refractivity contribution is 0.116. The predicted molar refractivity (Wildman–Crippen MR) is 112 cm³/mol. The fourth-order valence-corrected chi connectivity index (χ4v) is 3.84. The van der Waals surface area contributed by atoms with Crippen molar-refractivity contribution in [2.24, 2.45) is 7.05 Å². The fourth-order valence-electron chi connectivity index (χ4n) is 3.84. The minimum atomic E-state index is -0.0541. The van der Waals surface area contributed by atoms with Crippen molar-refractivity contribution in [2.45, 2.75) is 25.4 Å². The molecule has 0 unspecified atom stereocenters. The first kappa shape index (κ1) is 17.9. The number of hydrogen-bond donors (Lipinski definition) is 0. The molecular weight excluding hydrogens is 368 g/mol. The molecule has 1 saturated heterocycles. The van der Waals surface area contributed by atoms with Crippen molar-refractivity contribution >= 4 is 22.4 Å². The minimum absolute atomic E-state index is 0.0541. The van der Waals surface area contributed by atoms with Crippen LogP contribution >= 0.6 is 0 Å². The zero-order valence-corrected chi connectivity index (χ0v) is 16.5. The van der Waals surface area contributed by atoms with Crippen LogP contribution in [0.1, 0.15) is 19.3 Å². The van der Waals surface area contributed by atoms with E-state index in [4.69, 9.17) is 4.74 Å². The Morgan fingerprint density at radius 3 is 2.59 bits per heavy atom. The summed E-state index contributed by atoms with van der Waals surface area (Å²) in [4.78, 5) is 29.8. The molecule has 0 bridgehead atoms. The van der Waals surface area contributed by atoms with E-state index in [1.807, 2.05) is 6.07 Å². The van der Waals surface area contributed by atoms with Gasteiger partial charge in [-0.15, -0.1) is 0 Å². The molecule has 0 N–H and O–H groups in total. The Balaban J connectivity index is 1.35. The first-order valence-corrected chi connectivity index (χ1v) is 10.1. The molecule has 3 aromatic rings. The maximum Gasteiger partial charge on any atom is 0.293 e. The highest BCUT2D eigenvalue weighted by molar-refractivity contribution is 5.86. The van der Waals surface area contributed by atoms with Gasteiger partial charge < -0.3 is 19.1 Å². The summed E-state index contributed by atoms with van der Waals surface area (Å²) in [6.45, 7) is 3.14. The van der Waals surface area contributed by atoms with Gasteiger partial charge >= 0.3 is 0 Å². The molecule has 2 fully saturated rings. The molecule has 2 aliphatic rings. The third-order valence-electron chi connectivity index (χ3n) is 5.86. The summed E-state index contributed by atoms with van der Waals surface area (Å²) < 4.78 is 7.65. The van der Waals surface area contributed by atoms with E-state index in [2.05, 4.69) is 36.9 Å². The Morgan fingerprint density at radius 2 is 1.83 bits per heavy atom. The van der Waals surface area contributed by atoms with E-state index in [-0.39, 0.29) is 11.7 Å². The molecular formula is C21H24N6O2. The van der Waals surface area contributed by atoms with Crippen LogP contribution in [0.25, 0.3) is 10.9 Å². The first-order valence-electron chi connectivity index (χ1n) is 10.1. The summed E-state index contributed by atoms with van der Waals surface area (Å²) >= 11 is 0. The maximum absolute atomic E-state index is 12.3. The van der Waals surface area contributed by atoms with Crippen LogP contribution in [0.3, 0.4) is 0 Å². The van der Waals surface area contributed by atoms with Crippen molar-refractivity contribution < 1.29 is 4.74 Å². The van der Waals surface area contributed by atoms with Gasteiger partial charge in [-0.1, -0.05) is 0 Å². The average molecular weight is 392 g/mol. The van der Waals surface area contributed by atoms with Crippen molar-refractivity contribution in [3.63, 3.8) is 0 Å². The summed E-state index contributed by atoms with van der Waals surface area (Å²) in [5.74, 6) is 1.20. The average Bonchev–Trinajstić information content (AvgIpc) is 2.72. The van der Waals surface area contributed by atoms with Gasteiger partial charge in [-0.25, -0.2) is 15.0 Å². The molecule has 0 spiro atoms. The van der Waals surface area contributed by atoms with Gasteiger partial charge in [0.1, 0.15) is 12.4 Å². The highest BCUT2D eigenvalue weighted by atomic mass is 16.5. The smallest absolute Gasteiger partial charge is 0.293 e. The van der Waals surface area contributed by atoms with Gasteiger partial charge in [0.25, 0.3) is 5.56 Å². The van der Waals surface area contributed by atoms with Crippen LogP contribution in [0.4, 0.5) is 11.5 Å². The van der Waals surface area contributed by atoms with Gasteiger partial charge in [0.05, 0.1) is 10.9 Å². The molecule has 2 aromatic heterocycles. The summed E-state index contributed by atoms with van der Waals surface area (Å²) in [5, 5.41) is 0.956. The van der Waals surface area contributed by atoms with Crippen LogP contribution in [-0.2, 0) is 7.05 Å². The number of anilines is 2. The standard InChI is InChI=1S/C21H24N6O2/c1-25-8-7-22-19(21(25)28)27-11-9-26(10-12-27)15-5-6-18-17(13-15)20(24-14-23-18)29-16-3-2-4-16/h5-8,13-14,16H,2-4,9-12H2,1H3. The van der Waals surface area contributed by atoms with Crippen LogP contribution in [0.2, 0.25) is 0 Å². The quantitative estimate of drug-likeness (QED) is 0.672. The highest BCUT2D eigenvalue weighted by Gasteiger charge is 2.23. The number of fused-ring (bicyclic) bond motifs is 1. The van der Waals surface area contributed by atoms with Gasteiger partial charge in [0, 0.05) is 51.3 Å². The van der Waals surface area contributed by atoms with E-state index in [1.54, 1.807) is 30.3 Å². The summed E-state index contributed by atoms with van der Waals surface area (Å²) in [5.41, 5.74) is 1.97. The molecule has 1 saturated carbocycles. The second-order valence-electron chi connectivity index (χ2n) is 7.69. The topological polar surface area (TPSA) is 76.4 Å². The van der Waals surface area contributed by atoms with Crippen molar-refractivity contribution in [1.29, 1.82) is 0 Å². The first-order chi connectivity index (χ1) is 14.2. The number of benzene rings is 1. The molecule has 29 heavy (non-hydrogen) atoms. The number of ether oxygens (including phenoxy) is 1. The monoisotopic (exact) mass is 392 g/mol.